The van der Waals surface area contributed by atoms with Crippen molar-refractivity contribution in [1.82, 2.24) is 0 Å². The molecule has 8 rings (SSSR count). The van der Waals surface area contributed by atoms with E-state index in [2.05, 4.69) is 0 Å². The molecule has 0 atom stereocenters. The zero-order valence-corrected chi connectivity index (χ0v) is 22.8. The summed E-state index contributed by atoms with van der Waals surface area (Å²) in [4.78, 5) is 1.31. The van der Waals surface area contributed by atoms with Crippen LogP contribution in [0.1, 0.15) is 15.1 Å². The zero-order chi connectivity index (χ0) is 38.2. The van der Waals surface area contributed by atoms with E-state index in [9.17, 15) is 4.11 Å². The van der Waals surface area contributed by atoms with Crippen LogP contribution < -0.4 is 4.90 Å². The molecule has 0 heterocycles. The van der Waals surface area contributed by atoms with Crippen LogP contribution >= 0.6 is 0 Å². The van der Waals surface area contributed by atoms with E-state index in [-0.39, 0.29) is 45.5 Å². The Kier molecular flexibility index (Phi) is 3.98. The normalized spacial score (nSPS) is 14.8. The molecule has 0 fully saturated rings. The molecular weight excluding hydrogens is 518 g/mol. The fourth-order valence-corrected chi connectivity index (χ4v) is 5.53. The number of benzene rings is 8. The SMILES string of the molecule is [2H]c1c([2H])c(-c2cccc3ccccc23)c([2H])c(N(c2ccc(-c3ccc4ccccc4c3)cc2)c2c([2H])c([2H])c([2H])c3c([2H])c([2H])c([2H])c([2H])c23)c1[2H]. The fourth-order valence-electron chi connectivity index (χ4n) is 5.53. The molecule has 0 saturated heterocycles. The van der Waals surface area contributed by atoms with Crippen LogP contribution in [0.4, 0.5) is 17.1 Å². The summed E-state index contributed by atoms with van der Waals surface area (Å²) in [5.74, 6) is 0. The molecule has 1 nitrogen and oxygen atoms in total. The summed E-state index contributed by atoms with van der Waals surface area (Å²) in [7, 11) is 0. The minimum absolute atomic E-state index is 0.0570. The third kappa shape index (κ3) is 4.62. The van der Waals surface area contributed by atoms with Crippen LogP contribution in [-0.2, 0) is 0 Å². The second-order valence-electron chi connectivity index (χ2n) is 10.2. The van der Waals surface area contributed by atoms with E-state index in [0.717, 1.165) is 27.3 Å². The van der Waals surface area contributed by atoms with Crippen molar-refractivity contribution in [2.75, 3.05) is 4.90 Å². The first-order valence-corrected chi connectivity index (χ1v) is 13.9. The number of fused-ring (bicyclic) bond motifs is 3. The van der Waals surface area contributed by atoms with Gasteiger partial charge in [0, 0.05) is 16.8 Å². The summed E-state index contributed by atoms with van der Waals surface area (Å²) in [6.07, 6.45) is 0. The van der Waals surface area contributed by atoms with Crippen LogP contribution in [0.15, 0.2) is 176 Å². The molecule has 0 aliphatic rings. The van der Waals surface area contributed by atoms with Crippen LogP contribution in [0, 0.1) is 0 Å². The maximum absolute atomic E-state index is 9.71. The van der Waals surface area contributed by atoms with Crippen molar-refractivity contribution in [3.63, 3.8) is 0 Å². The van der Waals surface area contributed by atoms with Crippen molar-refractivity contribution in [3.05, 3.63) is 176 Å². The third-order valence-electron chi connectivity index (χ3n) is 7.62. The Balaban J connectivity index is 1.48. The van der Waals surface area contributed by atoms with E-state index in [4.69, 9.17) is 11.0 Å². The average molecular weight is 559 g/mol. The summed E-state index contributed by atoms with van der Waals surface area (Å²) in [6.45, 7) is 0. The Morgan fingerprint density at radius 3 is 2.05 bits per heavy atom. The van der Waals surface area contributed by atoms with E-state index < -0.39 is 54.4 Å². The maximum Gasteiger partial charge on any atom is 0.0651 e. The van der Waals surface area contributed by atoms with Crippen LogP contribution in [0.25, 0.3) is 54.6 Å². The Bertz CT molecular complexity index is 2840. The van der Waals surface area contributed by atoms with Crippen LogP contribution in [0.3, 0.4) is 0 Å². The minimum atomic E-state index is -0.617. The van der Waals surface area contributed by atoms with Gasteiger partial charge in [-0.05, 0) is 85.5 Å². The Morgan fingerprint density at radius 2 is 1.14 bits per heavy atom. The molecule has 0 bridgehead atoms. The van der Waals surface area contributed by atoms with Crippen LogP contribution in [-0.4, -0.2) is 0 Å². The van der Waals surface area contributed by atoms with Crippen molar-refractivity contribution in [3.8, 4) is 22.3 Å². The number of hydrogen-bond donors (Lipinski definition) is 0. The van der Waals surface area contributed by atoms with Gasteiger partial charge in [-0.25, -0.2) is 0 Å². The van der Waals surface area contributed by atoms with E-state index in [1.807, 2.05) is 84.9 Å². The number of anilines is 3. The predicted octanol–water partition coefficient (Wildman–Crippen LogP) is 11.9. The quantitative estimate of drug-likeness (QED) is 0.203. The molecule has 0 N–H and O–H groups in total. The lowest BCUT2D eigenvalue weighted by atomic mass is 9.97. The lowest BCUT2D eigenvalue weighted by molar-refractivity contribution is 1.30. The van der Waals surface area contributed by atoms with Gasteiger partial charge in [0.25, 0.3) is 0 Å². The van der Waals surface area contributed by atoms with E-state index in [0.29, 0.717) is 10.9 Å². The molecule has 0 spiro atoms. The highest BCUT2D eigenvalue weighted by atomic mass is 15.1. The average Bonchev–Trinajstić information content (AvgIpc) is 3.19. The van der Waals surface area contributed by atoms with E-state index in [1.54, 1.807) is 24.3 Å². The van der Waals surface area contributed by atoms with E-state index in [1.165, 1.54) is 4.90 Å². The van der Waals surface area contributed by atoms with Crippen molar-refractivity contribution >= 4 is 49.4 Å². The maximum atomic E-state index is 9.71. The number of hydrogen-bond acceptors (Lipinski definition) is 1. The topological polar surface area (TPSA) is 3.24 Å². The van der Waals surface area contributed by atoms with Gasteiger partial charge >= 0.3 is 0 Å². The summed E-state index contributed by atoms with van der Waals surface area (Å²) in [5.41, 5.74) is 2.05. The number of rotatable bonds is 5. The minimum Gasteiger partial charge on any atom is -0.310 e. The zero-order valence-electron chi connectivity index (χ0n) is 33.8. The van der Waals surface area contributed by atoms with Gasteiger partial charge in [0.1, 0.15) is 0 Å². The lowest BCUT2D eigenvalue weighted by Gasteiger charge is -2.27. The highest BCUT2D eigenvalue weighted by Crippen LogP contribution is 2.41. The Morgan fingerprint density at radius 1 is 0.419 bits per heavy atom. The standard InChI is InChI=1S/C42H29N/c1-2-13-34-28-35(23-22-30(34)10-1)31-24-26-37(27-25-31)43(42-21-9-15-33-12-4-6-19-41(33)42)38-17-7-16-36(29-38)40-20-8-14-32-11-3-5-18-39(32)40/h1-29H/i4D,6D,7D,9D,12D,15D,16D,17D,19D,21D,29D. The lowest BCUT2D eigenvalue weighted by Crippen LogP contribution is -2.10. The first kappa shape index (κ1) is 16.1. The first-order valence-electron chi connectivity index (χ1n) is 19.4. The molecule has 0 amide bonds. The molecule has 202 valence electrons. The molecule has 0 aliphatic heterocycles. The first-order chi connectivity index (χ1) is 25.9. The summed E-state index contributed by atoms with van der Waals surface area (Å²) in [6, 6.07) is 28.1. The Hall–Kier alpha value is -5.66. The van der Waals surface area contributed by atoms with Crippen LogP contribution in [0.2, 0.25) is 0 Å². The molecule has 0 saturated carbocycles. The molecule has 0 radical (unpaired) electrons. The second-order valence-corrected chi connectivity index (χ2v) is 10.2. The van der Waals surface area contributed by atoms with Crippen molar-refractivity contribution in [1.29, 1.82) is 0 Å². The van der Waals surface area contributed by atoms with Crippen molar-refractivity contribution in [2.45, 2.75) is 0 Å². The number of nitrogens with zero attached hydrogens (tertiary/aromatic N) is 1. The van der Waals surface area contributed by atoms with Crippen LogP contribution in [0.5, 0.6) is 0 Å². The highest BCUT2D eigenvalue weighted by Gasteiger charge is 2.17. The monoisotopic (exact) mass is 558 g/mol. The molecule has 0 aromatic heterocycles. The van der Waals surface area contributed by atoms with Gasteiger partial charge in [-0.3, -0.25) is 0 Å². The van der Waals surface area contributed by atoms with Gasteiger partial charge in [-0.1, -0.05) is 139 Å². The molecular formula is C42H29N. The van der Waals surface area contributed by atoms with Gasteiger partial charge in [-0.2, -0.15) is 0 Å². The smallest absolute Gasteiger partial charge is 0.0651 e. The molecule has 1 heteroatoms. The molecule has 0 aliphatic carbocycles. The van der Waals surface area contributed by atoms with Gasteiger partial charge in [0.15, 0.2) is 0 Å². The van der Waals surface area contributed by atoms with Gasteiger partial charge in [0.05, 0.1) is 20.8 Å². The summed E-state index contributed by atoms with van der Waals surface area (Å²) >= 11 is 0. The highest BCUT2D eigenvalue weighted by molar-refractivity contribution is 6.01. The van der Waals surface area contributed by atoms with Crippen molar-refractivity contribution in [2.24, 2.45) is 0 Å². The molecule has 8 aromatic carbocycles. The summed E-state index contributed by atoms with van der Waals surface area (Å²) in [5, 5.41) is 3.13. The summed E-state index contributed by atoms with van der Waals surface area (Å²) < 4.78 is 98.5. The third-order valence-corrected chi connectivity index (χ3v) is 7.62. The molecule has 8 aromatic rings. The predicted molar refractivity (Wildman–Crippen MR) is 185 cm³/mol. The van der Waals surface area contributed by atoms with E-state index >= 15 is 0 Å². The molecule has 43 heavy (non-hydrogen) atoms. The van der Waals surface area contributed by atoms with Crippen molar-refractivity contribution < 1.29 is 15.1 Å². The van der Waals surface area contributed by atoms with Gasteiger partial charge in [0.2, 0.25) is 0 Å². The van der Waals surface area contributed by atoms with Gasteiger partial charge in [-0.15, -0.1) is 0 Å². The largest absolute Gasteiger partial charge is 0.310 e. The second kappa shape index (κ2) is 10.6. The van der Waals surface area contributed by atoms with Gasteiger partial charge < -0.3 is 4.90 Å². The molecule has 0 unspecified atom stereocenters. The Labute approximate surface area is 267 Å². The fraction of sp³-hybridized carbons (Fsp3) is 0.